The predicted molar refractivity (Wildman–Crippen MR) is 136 cm³/mol. The van der Waals surface area contributed by atoms with Gasteiger partial charge in [-0.2, -0.15) is 13.2 Å². The number of fused-ring (bicyclic) bond motifs is 1. The van der Waals surface area contributed by atoms with E-state index in [4.69, 9.17) is 9.47 Å². The molecule has 2 amide bonds. The molecule has 1 saturated carbocycles. The van der Waals surface area contributed by atoms with E-state index < -0.39 is 17.6 Å². The molecular weight excluding hydrogens is 515 g/mol. The van der Waals surface area contributed by atoms with E-state index in [0.29, 0.717) is 42.2 Å². The van der Waals surface area contributed by atoms with Crippen LogP contribution in [-0.4, -0.2) is 70.6 Å². The third kappa shape index (κ3) is 5.56. The number of methoxy groups -OCH3 is 1. The Labute approximate surface area is 223 Å². The largest absolute Gasteiger partial charge is 0.493 e. The molecule has 0 spiro atoms. The van der Waals surface area contributed by atoms with E-state index in [1.807, 2.05) is 6.92 Å². The molecule has 3 heterocycles. The molecule has 208 valence electrons. The Morgan fingerprint density at radius 1 is 1.23 bits per heavy atom. The summed E-state index contributed by atoms with van der Waals surface area (Å²) >= 11 is 0. The lowest BCUT2D eigenvalue weighted by atomic mass is 10.0. The van der Waals surface area contributed by atoms with Crippen LogP contribution in [0.2, 0.25) is 0 Å². The first-order valence-corrected chi connectivity index (χ1v) is 12.8. The zero-order valence-electron chi connectivity index (χ0n) is 21.9. The average molecular weight is 546 g/mol. The maximum absolute atomic E-state index is 13.6. The first-order chi connectivity index (χ1) is 18.6. The van der Waals surface area contributed by atoms with Gasteiger partial charge in [-0.05, 0) is 57.2 Å². The molecule has 5 rings (SSSR count). The highest BCUT2D eigenvalue weighted by Crippen LogP contribution is 2.40. The fourth-order valence-electron chi connectivity index (χ4n) is 5.06. The summed E-state index contributed by atoms with van der Waals surface area (Å²) in [6.45, 7) is 4.33. The van der Waals surface area contributed by atoms with Gasteiger partial charge in [-0.3, -0.25) is 9.59 Å². The van der Waals surface area contributed by atoms with Crippen LogP contribution in [0.1, 0.15) is 47.8 Å². The number of carbonyl (C=O) groups is 2. The number of nitrogens with one attached hydrogen (secondary N) is 2. The number of benzene rings is 1. The van der Waals surface area contributed by atoms with Crippen molar-refractivity contribution in [2.45, 2.75) is 51.4 Å². The number of nitrogens with zero attached hydrogens (tertiary/aromatic N) is 3. The van der Waals surface area contributed by atoms with E-state index >= 15 is 0 Å². The summed E-state index contributed by atoms with van der Waals surface area (Å²) in [6.07, 6.45) is -0.687. The number of H-pyrrole nitrogens is 1. The summed E-state index contributed by atoms with van der Waals surface area (Å²) < 4.78 is 51.7. The second-order valence-corrected chi connectivity index (χ2v) is 10.3. The van der Waals surface area contributed by atoms with Gasteiger partial charge in [-0.1, -0.05) is 0 Å². The summed E-state index contributed by atoms with van der Waals surface area (Å²) in [5.74, 6) is 0.139. The molecular formula is C27H30F3N5O4. The number of hydrogen-bond acceptors (Lipinski definition) is 6. The standard InChI is InChI=1S/C27H30F3N5O4/c1-14-8-18(10-35(14)21(36)12-38-3)34-26(37)22-15(2)33-25-23(31-13-32-24(22)25)19-9-17(27(28,29)30)6-7-20(19)39-11-16-4-5-16/h6-7,9,13-14,16,18,33H,4-5,8,10-12H2,1-3H3,(H,34,37)/t14-,18-/m1/s1. The van der Waals surface area contributed by atoms with E-state index in [2.05, 4.69) is 20.3 Å². The van der Waals surface area contributed by atoms with Gasteiger partial charge in [-0.25, -0.2) is 9.97 Å². The van der Waals surface area contributed by atoms with Gasteiger partial charge in [0.25, 0.3) is 5.91 Å². The Morgan fingerprint density at radius 2 is 2.00 bits per heavy atom. The second kappa shape index (κ2) is 10.5. The Kier molecular flexibility index (Phi) is 7.23. The van der Waals surface area contributed by atoms with Crippen molar-refractivity contribution in [1.82, 2.24) is 25.2 Å². The van der Waals surface area contributed by atoms with Crippen LogP contribution in [0.25, 0.3) is 22.3 Å². The number of ether oxygens (including phenoxy) is 2. The lowest BCUT2D eigenvalue weighted by Gasteiger charge is -2.20. The third-order valence-corrected chi connectivity index (χ3v) is 7.23. The van der Waals surface area contributed by atoms with Crippen molar-refractivity contribution in [2.75, 3.05) is 26.9 Å². The van der Waals surface area contributed by atoms with E-state index in [-0.39, 0.29) is 47.2 Å². The number of rotatable bonds is 8. The van der Waals surface area contributed by atoms with E-state index in [1.54, 1.807) is 11.8 Å². The number of amides is 2. The van der Waals surface area contributed by atoms with Crippen LogP contribution in [0.4, 0.5) is 13.2 Å². The molecule has 2 fully saturated rings. The van der Waals surface area contributed by atoms with Crippen LogP contribution in [-0.2, 0) is 15.7 Å². The summed E-state index contributed by atoms with van der Waals surface area (Å²) in [5, 5.41) is 2.98. The normalized spacial score (nSPS) is 19.5. The third-order valence-electron chi connectivity index (χ3n) is 7.23. The van der Waals surface area contributed by atoms with Crippen molar-refractivity contribution in [3.8, 4) is 17.0 Å². The molecule has 1 aliphatic heterocycles. The van der Waals surface area contributed by atoms with Crippen molar-refractivity contribution in [3.63, 3.8) is 0 Å². The summed E-state index contributed by atoms with van der Waals surface area (Å²) in [4.78, 5) is 39.1. The number of aromatic amines is 1. The summed E-state index contributed by atoms with van der Waals surface area (Å²) in [7, 11) is 1.45. The van der Waals surface area contributed by atoms with Gasteiger partial charge < -0.3 is 24.7 Å². The molecule has 39 heavy (non-hydrogen) atoms. The lowest BCUT2D eigenvalue weighted by Crippen LogP contribution is -2.40. The molecule has 1 aliphatic carbocycles. The van der Waals surface area contributed by atoms with Gasteiger partial charge in [0.05, 0.1) is 23.3 Å². The van der Waals surface area contributed by atoms with Gasteiger partial charge in [0.2, 0.25) is 5.91 Å². The fraction of sp³-hybridized carbons (Fsp3) is 0.481. The maximum Gasteiger partial charge on any atom is 0.416 e. The van der Waals surface area contributed by atoms with Crippen molar-refractivity contribution in [2.24, 2.45) is 5.92 Å². The van der Waals surface area contributed by atoms with Crippen molar-refractivity contribution >= 4 is 22.8 Å². The van der Waals surface area contributed by atoms with Gasteiger partial charge >= 0.3 is 6.18 Å². The summed E-state index contributed by atoms with van der Waals surface area (Å²) in [5.41, 5.74) is 0.955. The van der Waals surface area contributed by atoms with E-state index in [1.165, 1.54) is 19.5 Å². The van der Waals surface area contributed by atoms with E-state index in [0.717, 1.165) is 25.0 Å². The minimum absolute atomic E-state index is 0.0336. The number of aryl methyl sites for hydroxylation is 1. The molecule has 0 bridgehead atoms. The predicted octanol–water partition coefficient (Wildman–Crippen LogP) is 4.11. The van der Waals surface area contributed by atoms with Crippen molar-refractivity contribution in [1.29, 1.82) is 0 Å². The van der Waals surface area contributed by atoms with Gasteiger partial charge in [0.15, 0.2) is 0 Å². The minimum Gasteiger partial charge on any atom is -0.493 e. The van der Waals surface area contributed by atoms with Gasteiger partial charge in [0, 0.05) is 37.0 Å². The van der Waals surface area contributed by atoms with Gasteiger partial charge in [0.1, 0.15) is 29.9 Å². The SMILES string of the molecule is COCC(=O)N1C[C@H](NC(=O)c2c(C)[nH]c3c(-c4cc(C(F)(F)F)ccc4OCC4CC4)ncnc23)C[C@H]1C. The molecule has 0 unspecified atom stereocenters. The quantitative estimate of drug-likeness (QED) is 0.441. The molecule has 1 aromatic carbocycles. The molecule has 2 aromatic heterocycles. The Balaban J connectivity index is 1.47. The lowest BCUT2D eigenvalue weighted by molar-refractivity contribution is -0.137. The summed E-state index contributed by atoms with van der Waals surface area (Å²) in [6, 6.07) is 2.99. The minimum atomic E-state index is -4.55. The van der Waals surface area contributed by atoms with E-state index in [9.17, 15) is 22.8 Å². The van der Waals surface area contributed by atoms with Crippen LogP contribution < -0.4 is 10.1 Å². The first-order valence-electron chi connectivity index (χ1n) is 12.8. The monoisotopic (exact) mass is 545 g/mol. The highest BCUT2D eigenvalue weighted by Gasteiger charge is 2.35. The Bertz CT molecular complexity index is 1400. The Morgan fingerprint density at radius 3 is 2.69 bits per heavy atom. The zero-order chi connectivity index (χ0) is 27.9. The molecule has 2 N–H and O–H groups in total. The number of halogens is 3. The highest BCUT2D eigenvalue weighted by molar-refractivity contribution is 6.09. The molecule has 12 heteroatoms. The molecule has 9 nitrogen and oxygen atoms in total. The van der Waals surface area contributed by atoms with Crippen molar-refractivity contribution < 1.29 is 32.2 Å². The second-order valence-electron chi connectivity index (χ2n) is 10.3. The topological polar surface area (TPSA) is 109 Å². The van der Waals surface area contributed by atoms with Crippen LogP contribution in [0.15, 0.2) is 24.5 Å². The molecule has 0 radical (unpaired) electrons. The first kappa shape index (κ1) is 26.9. The smallest absolute Gasteiger partial charge is 0.416 e. The van der Waals surface area contributed by atoms with Crippen LogP contribution in [0.5, 0.6) is 5.75 Å². The van der Waals surface area contributed by atoms with Crippen LogP contribution >= 0.6 is 0 Å². The number of hydrogen-bond donors (Lipinski definition) is 2. The number of likely N-dealkylation sites (tertiary alicyclic amines) is 1. The molecule has 2 atom stereocenters. The Hall–Kier alpha value is -3.67. The molecule has 3 aromatic rings. The van der Waals surface area contributed by atoms with Gasteiger partial charge in [-0.15, -0.1) is 0 Å². The number of carbonyl (C=O) groups excluding carboxylic acids is 2. The average Bonchev–Trinajstić information content (AvgIpc) is 3.54. The fourth-order valence-corrected chi connectivity index (χ4v) is 5.06. The van der Waals surface area contributed by atoms with Crippen molar-refractivity contribution in [3.05, 3.63) is 41.3 Å². The number of aromatic nitrogens is 3. The zero-order valence-corrected chi connectivity index (χ0v) is 21.9. The number of alkyl halides is 3. The molecule has 1 saturated heterocycles. The molecule has 2 aliphatic rings. The maximum atomic E-state index is 13.6. The van der Waals surface area contributed by atoms with Crippen LogP contribution in [0, 0.1) is 12.8 Å². The highest BCUT2D eigenvalue weighted by atomic mass is 19.4. The van der Waals surface area contributed by atoms with Crippen LogP contribution in [0.3, 0.4) is 0 Å².